The van der Waals surface area contributed by atoms with Crippen molar-refractivity contribution >= 4 is 5.69 Å². The summed E-state index contributed by atoms with van der Waals surface area (Å²) in [6.45, 7) is 4.24. The lowest BCUT2D eigenvalue weighted by Crippen LogP contribution is -2.19. The summed E-state index contributed by atoms with van der Waals surface area (Å²) in [5.41, 5.74) is 1.01. The molecule has 1 N–H and O–H groups in total. The van der Waals surface area contributed by atoms with Crippen LogP contribution in [0.5, 0.6) is 0 Å². The number of hydrogen-bond donors (Lipinski definition) is 1. The van der Waals surface area contributed by atoms with E-state index in [2.05, 4.69) is 25.2 Å². The van der Waals surface area contributed by atoms with E-state index in [9.17, 15) is 0 Å². The number of para-hydroxylation sites is 1. The van der Waals surface area contributed by atoms with Gasteiger partial charge in [0.2, 0.25) is 0 Å². The number of nitrogens with zero attached hydrogens (tertiary/aromatic N) is 1. The Morgan fingerprint density at radius 2 is 1.93 bits per heavy atom. The van der Waals surface area contributed by atoms with E-state index < -0.39 is 0 Å². The Bertz CT molecular complexity index is 298. The number of benzene rings is 1. The summed E-state index contributed by atoms with van der Waals surface area (Å²) in [6, 6.07) is 12.0. The zero-order chi connectivity index (χ0) is 10.4. The summed E-state index contributed by atoms with van der Waals surface area (Å²) in [5.74, 6) is 0.538. The van der Waals surface area contributed by atoms with Crippen molar-refractivity contribution < 1.29 is 0 Å². The van der Waals surface area contributed by atoms with Gasteiger partial charge in [-0.05, 0) is 24.5 Å². The van der Waals surface area contributed by atoms with Gasteiger partial charge in [-0.25, -0.2) is 0 Å². The van der Waals surface area contributed by atoms with Crippen molar-refractivity contribution in [3.05, 3.63) is 30.3 Å². The monoisotopic (exact) mass is 188 g/mol. The molecule has 0 radical (unpaired) electrons. The molecule has 0 fully saturated rings. The highest BCUT2D eigenvalue weighted by Gasteiger charge is 2.08. The third-order valence-corrected chi connectivity index (χ3v) is 1.98. The topological polar surface area (TPSA) is 35.8 Å². The first kappa shape index (κ1) is 10.6. The SMILES string of the molecule is CC(C)CC(C#N)Nc1ccccc1. The molecule has 0 aliphatic rings. The molecule has 0 bridgehead atoms. The van der Waals surface area contributed by atoms with Gasteiger partial charge in [0.1, 0.15) is 6.04 Å². The first-order chi connectivity index (χ1) is 6.72. The highest BCUT2D eigenvalue weighted by atomic mass is 14.9. The number of anilines is 1. The van der Waals surface area contributed by atoms with E-state index >= 15 is 0 Å². The summed E-state index contributed by atoms with van der Waals surface area (Å²) in [6.07, 6.45) is 0.880. The number of nitrogens with one attached hydrogen (secondary N) is 1. The van der Waals surface area contributed by atoms with E-state index in [1.807, 2.05) is 30.3 Å². The number of nitriles is 1. The Kier molecular flexibility index (Phi) is 4.00. The zero-order valence-electron chi connectivity index (χ0n) is 8.70. The average Bonchev–Trinajstić information content (AvgIpc) is 2.17. The van der Waals surface area contributed by atoms with Gasteiger partial charge in [-0.3, -0.25) is 0 Å². The Labute approximate surface area is 85.6 Å². The summed E-state index contributed by atoms with van der Waals surface area (Å²) < 4.78 is 0. The van der Waals surface area contributed by atoms with Crippen molar-refractivity contribution in [2.45, 2.75) is 26.3 Å². The normalized spacial score (nSPS) is 12.1. The molecule has 2 heteroatoms. The summed E-state index contributed by atoms with van der Waals surface area (Å²) in [7, 11) is 0. The maximum atomic E-state index is 8.92. The molecule has 0 amide bonds. The number of rotatable bonds is 4. The van der Waals surface area contributed by atoms with Crippen LogP contribution in [0.1, 0.15) is 20.3 Å². The second-order valence-electron chi connectivity index (χ2n) is 3.82. The standard InChI is InChI=1S/C12H16N2/c1-10(2)8-12(9-13)14-11-6-4-3-5-7-11/h3-7,10,12,14H,8H2,1-2H3. The molecule has 0 aliphatic heterocycles. The third kappa shape index (κ3) is 3.49. The van der Waals surface area contributed by atoms with Crippen LogP contribution < -0.4 is 5.32 Å². The van der Waals surface area contributed by atoms with Crippen LogP contribution in [0, 0.1) is 17.2 Å². The molecule has 0 aliphatic carbocycles. The molecule has 0 saturated carbocycles. The molecule has 1 atom stereocenters. The fourth-order valence-electron chi connectivity index (χ4n) is 1.35. The molecule has 2 nitrogen and oxygen atoms in total. The largest absolute Gasteiger partial charge is 0.370 e. The Balaban J connectivity index is 2.54. The van der Waals surface area contributed by atoms with Gasteiger partial charge in [-0.1, -0.05) is 32.0 Å². The van der Waals surface area contributed by atoms with E-state index in [4.69, 9.17) is 5.26 Å². The van der Waals surface area contributed by atoms with Crippen molar-refractivity contribution in [1.29, 1.82) is 5.26 Å². The molecule has 0 heterocycles. The lowest BCUT2D eigenvalue weighted by molar-refractivity contribution is 0.568. The summed E-state index contributed by atoms with van der Waals surface area (Å²) in [4.78, 5) is 0. The molecule has 1 aromatic rings. The second kappa shape index (κ2) is 5.29. The molecule has 14 heavy (non-hydrogen) atoms. The lowest BCUT2D eigenvalue weighted by atomic mass is 10.0. The second-order valence-corrected chi connectivity index (χ2v) is 3.82. The minimum atomic E-state index is -0.0857. The lowest BCUT2D eigenvalue weighted by Gasteiger charge is -2.14. The van der Waals surface area contributed by atoms with Crippen molar-refractivity contribution in [3.63, 3.8) is 0 Å². The van der Waals surface area contributed by atoms with Crippen LogP contribution in [0.2, 0.25) is 0 Å². The van der Waals surface area contributed by atoms with E-state index in [1.54, 1.807) is 0 Å². The highest BCUT2D eigenvalue weighted by molar-refractivity contribution is 5.44. The molecule has 0 spiro atoms. The highest BCUT2D eigenvalue weighted by Crippen LogP contribution is 2.11. The first-order valence-corrected chi connectivity index (χ1v) is 4.93. The van der Waals surface area contributed by atoms with Gasteiger partial charge >= 0.3 is 0 Å². The molecular formula is C12H16N2. The van der Waals surface area contributed by atoms with E-state index in [0.717, 1.165) is 12.1 Å². The van der Waals surface area contributed by atoms with Crippen LogP contribution in [-0.2, 0) is 0 Å². The van der Waals surface area contributed by atoms with E-state index in [-0.39, 0.29) is 6.04 Å². The first-order valence-electron chi connectivity index (χ1n) is 4.93. The maximum Gasteiger partial charge on any atom is 0.114 e. The van der Waals surface area contributed by atoms with Gasteiger partial charge in [-0.2, -0.15) is 5.26 Å². The van der Waals surface area contributed by atoms with Crippen LogP contribution in [0.3, 0.4) is 0 Å². The van der Waals surface area contributed by atoms with Gasteiger partial charge in [0.05, 0.1) is 6.07 Å². The van der Waals surface area contributed by atoms with Crippen LogP contribution >= 0.6 is 0 Å². The van der Waals surface area contributed by atoms with Crippen LogP contribution in [-0.4, -0.2) is 6.04 Å². The molecule has 1 unspecified atom stereocenters. The van der Waals surface area contributed by atoms with Gasteiger partial charge in [0.15, 0.2) is 0 Å². The van der Waals surface area contributed by atoms with Crippen molar-refractivity contribution in [3.8, 4) is 6.07 Å². The summed E-state index contributed by atoms with van der Waals surface area (Å²) >= 11 is 0. The van der Waals surface area contributed by atoms with Gasteiger partial charge in [-0.15, -0.1) is 0 Å². The quantitative estimate of drug-likeness (QED) is 0.788. The zero-order valence-corrected chi connectivity index (χ0v) is 8.70. The van der Waals surface area contributed by atoms with Gasteiger partial charge in [0, 0.05) is 5.69 Å². The Morgan fingerprint density at radius 3 is 2.43 bits per heavy atom. The van der Waals surface area contributed by atoms with Crippen molar-refractivity contribution in [2.24, 2.45) is 5.92 Å². The molecule has 0 saturated heterocycles. The van der Waals surface area contributed by atoms with Crippen LogP contribution in [0.25, 0.3) is 0 Å². The fourth-order valence-corrected chi connectivity index (χ4v) is 1.35. The van der Waals surface area contributed by atoms with Gasteiger partial charge in [0.25, 0.3) is 0 Å². The minimum Gasteiger partial charge on any atom is -0.370 e. The average molecular weight is 188 g/mol. The molecular weight excluding hydrogens is 172 g/mol. The molecule has 1 rings (SSSR count). The number of hydrogen-bond acceptors (Lipinski definition) is 2. The van der Waals surface area contributed by atoms with Gasteiger partial charge < -0.3 is 5.32 Å². The summed E-state index contributed by atoms with van der Waals surface area (Å²) in [5, 5.41) is 12.1. The molecule has 74 valence electrons. The molecule has 0 aromatic heterocycles. The predicted octanol–water partition coefficient (Wildman–Crippen LogP) is 3.04. The van der Waals surface area contributed by atoms with Crippen molar-refractivity contribution in [1.82, 2.24) is 0 Å². The minimum absolute atomic E-state index is 0.0857. The molecule has 1 aromatic carbocycles. The van der Waals surface area contributed by atoms with E-state index in [1.165, 1.54) is 0 Å². The predicted molar refractivity (Wildman–Crippen MR) is 58.9 cm³/mol. The fraction of sp³-hybridized carbons (Fsp3) is 0.417. The Morgan fingerprint density at radius 1 is 1.29 bits per heavy atom. The van der Waals surface area contributed by atoms with Crippen LogP contribution in [0.4, 0.5) is 5.69 Å². The Hall–Kier alpha value is -1.49. The maximum absolute atomic E-state index is 8.92. The van der Waals surface area contributed by atoms with Crippen LogP contribution in [0.15, 0.2) is 30.3 Å². The third-order valence-electron chi connectivity index (χ3n) is 1.98. The van der Waals surface area contributed by atoms with Crippen molar-refractivity contribution in [2.75, 3.05) is 5.32 Å². The van der Waals surface area contributed by atoms with E-state index in [0.29, 0.717) is 5.92 Å². The smallest absolute Gasteiger partial charge is 0.114 e.